The van der Waals surface area contributed by atoms with Crippen LogP contribution in [-0.2, 0) is 17.1 Å². The van der Waals surface area contributed by atoms with Gasteiger partial charge in [0.05, 0.1) is 16.8 Å². The van der Waals surface area contributed by atoms with Crippen molar-refractivity contribution in [1.29, 1.82) is 0 Å². The zero-order chi connectivity index (χ0) is 15.0. The second kappa shape index (κ2) is 5.42. The predicted octanol–water partition coefficient (Wildman–Crippen LogP) is 2.10. The molecule has 0 spiro atoms. The highest BCUT2D eigenvalue weighted by atomic mass is 32.2. The molecule has 1 saturated heterocycles. The molecule has 6 heteroatoms. The van der Waals surface area contributed by atoms with Crippen LogP contribution in [0.1, 0.15) is 31.5 Å². The van der Waals surface area contributed by atoms with Gasteiger partial charge in [-0.05, 0) is 31.9 Å². The van der Waals surface area contributed by atoms with Gasteiger partial charge in [0.1, 0.15) is 5.82 Å². The number of imidazole rings is 1. The van der Waals surface area contributed by atoms with Crippen LogP contribution in [0.4, 0.5) is 0 Å². The number of rotatable bonds is 3. The first-order chi connectivity index (χ1) is 10.0. The maximum atomic E-state index is 12.1. The molecule has 1 aromatic heterocycles. The molecule has 1 aromatic carbocycles. The van der Waals surface area contributed by atoms with Crippen LogP contribution in [0.3, 0.4) is 0 Å². The standard InChI is InChI=1S/C15H21N3O2S/c1-3-21(19,20)18-10-6-7-12(11-18)15-16-13-8-4-5-9-14(13)17(15)2/h4-5,8-9,12H,3,6-7,10-11H2,1-2H3. The summed E-state index contributed by atoms with van der Waals surface area (Å²) < 4.78 is 27.9. The average Bonchev–Trinajstić information content (AvgIpc) is 2.85. The fourth-order valence-electron chi connectivity index (χ4n) is 3.12. The molecular weight excluding hydrogens is 286 g/mol. The van der Waals surface area contributed by atoms with Gasteiger partial charge >= 0.3 is 0 Å². The van der Waals surface area contributed by atoms with E-state index in [9.17, 15) is 8.42 Å². The van der Waals surface area contributed by atoms with Crippen LogP contribution in [-0.4, -0.2) is 41.1 Å². The third kappa shape index (κ3) is 2.58. The van der Waals surface area contributed by atoms with Crippen LogP contribution in [0, 0.1) is 0 Å². The van der Waals surface area contributed by atoms with Gasteiger partial charge in [0.15, 0.2) is 0 Å². The van der Waals surface area contributed by atoms with E-state index in [1.165, 1.54) is 0 Å². The van der Waals surface area contributed by atoms with E-state index >= 15 is 0 Å². The first-order valence-corrected chi connectivity index (χ1v) is 9.03. The van der Waals surface area contributed by atoms with E-state index in [4.69, 9.17) is 4.98 Å². The van der Waals surface area contributed by atoms with Crippen LogP contribution in [0.25, 0.3) is 11.0 Å². The molecule has 2 heterocycles. The van der Waals surface area contributed by atoms with Crippen molar-refractivity contribution in [3.05, 3.63) is 30.1 Å². The van der Waals surface area contributed by atoms with Crippen LogP contribution < -0.4 is 0 Å². The molecule has 0 radical (unpaired) electrons. The van der Waals surface area contributed by atoms with Crippen molar-refractivity contribution in [3.8, 4) is 0 Å². The minimum Gasteiger partial charge on any atom is -0.331 e. The van der Waals surface area contributed by atoms with Crippen molar-refractivity contribution >= 4 is 21.1 Å². The van der Waals surface area contributed by atoms with Gasteiger partial charge in [0, 0.05) is 26.1 Å². The molecule has 1 aliphatic rings. The molecule has 5 nitrogen and oxygen atoms in total. The van der Waals surface area contributed by atoms with Gasteiger partial charge < -0.3 is 4.57 Å². The molecule has 0 bridgehead atoms. The van der Waals surface area contributed by atoms with Gasteiger partial charge in [0.2, 0.25) is 10.0 Å². The molecule has 114 valence electrons. The quantitative estimate of drug-likeness (QED) is 0.872. The molecule has 0 amide bonds. The lowest BCUT2D eigenvalue weighted by Gasteiger charge is -2.31. The summed E-state index contributed by atoms with van der Waals surface area (Å²) in [7, 11) is -1.10. The van der Waals surface area contributed by atoms with E-state index in [-0.39, 0.29) is 11.7 Å². The summed E-state index contributed by atoms with van der Waals surface area (Å²) in [5.74, 6) is 1.34. The molecule has 1 aliphatic heterocycles. The van der Waals surface area contributed by atoms with Gasteiger partial charge in [-0.3, -0.25) is 0 Å². The van der Waals surface area contributed by atoms with Gasteiger partial charge in [-0.25, -0.2) is 17.7 Å². The molecule has 21 heavy (non-hydrogen) atoms. The molecule has 0 N–H and O–H groups in total. The Hall–Kier alpha value is -1.40. The zero-order valence-electron chi connectivity index (χ0n) is 12.5. The number of hydrogen-bond donors (Lipinski definition) is 0. The maximum absolute atomic E-state index is 12.1. The minimum absolute atomic E-state index is 0.169. The Morgan fingerprint density at radius 2 is 2.10 bits per heavy atom. The second-order valence-corrected chi connectivity index (χ2v) is 7.87. The molecule has 0 aliphatic carbocycles. The van der Waals surface area contributed by atoms with Crippen molar-refractivity contribution in [2.24, 2.45) is 7.05 Å². The van der Waals surface area contributed by atoms with Crippen LogP contribution in [0.15, 0.2) is 24.3 Å². The van der Waals surface area contributed by atoms with Crippen LogP contribution in [0.2, 0.25) is 0 Å². The number of sulfonamides is 1. The SMILES string of the molecule is CCS(=O)(=O)N1CCCC(c2nc3ccccc3n2C)C1. The van der Waals surface area contributed by atoms with E-state index in [0.717, 1.165) is 29.7 Å². The molecular formula is C15H21N3O2S. The molecule has 1 unspecified atom stereocenters. The number of piperidine rings is 1. The highest BCUT2D eigenvalue weighted by molar-refractivity contribution is 7.89. The first kappa shape index (κ1) is 14.5. The summed E-state index contributed by atoms with van der Waals surface area (Å²) in [5, 5.41) is 0. The summed E-state index contributed by atoms with van der Waals surface area (Å²) in [6.45, 7) is 2.89. The number of hydrogen-bond acceptors (Lipinski definition) is 3. The summed E-state index contributed by atoms with van der Waals surface area (Å²) in [6.07, 6.45) is 1.89. The Morgan fingerprint density at radius 1 is 1.33 bits per heavy atom. The number of benzene rings is 1. The van der Waals surface area contributed by atoms with Crippen LogP contribution >= 0.6 is 0 Å². The van der Waals surface area contributed by atoms with Crippen molar-refractivity contribution in [1.82, 2.24) is 13.9 Å². The van der Waals surface area contributed by atoms with Crippen LogP contribution in [0.5, 0.6) is 0 Å². The second-order valence-electron chi connectivity index (χ2n) is 5.62. The topological polar surface area (TPSA) is 55.2 Å². The number of fused-ring (bicyclic) bond motifs is 1. The molecule has 2 aromatic rings. The number of para-hydroxylation sites is 2. The zero-order valence-corrected chi connectivity index (χ0v) is 13.3. The monoisotopic (exact) mass is 307 g/mol. The number of nitrogens with zero attached hydrogens (tertiary/aromatic N) is 3. The Labute approximate surface area is 125 Å². The fourth-order valence-corrected chi connectivity index (χ4v) is 4.30. The van der Waals surface area contributed by atoms with Crippen molar-refractivity contribution < 1.29 is 8.42 Å². The van der Waals surface area contributed by atoms with E-state index in [1.54, 1.807) is 11.2 Å². The Bertz CT molecular complexity index is 751. The maximum Gasteiger partial charge on any atom is 0.213 e. The Kier molecular flexibility index (Phi) is 3.75. The lowest BCUT2D eigenvalue weighted by molar-refractivity contribution is 0.307. The summed E-state index contributed by atoms with van der Waals surface area (Å²) >= 11 is 0. The highest BCUT2D eigenvalue weighted by Crippen LogP contribution is 2.29. The van der Waals surface area contributed by atoms with Crippen molar-refractivity contribution in [2.75, 3.05) is 18.8 Å². The normalized spacial score (nSPS) is 21.0. The fraction of sp³-hybridized carbons (Fsp3) is 0.533. The molecule has 3 rings (SSSR count). The first-order valence-electron chi connectivity index (χ1n) is 7.42. The van der Waals surface area contributed by atoms with Gasteiger partial charge in [-0.2, -0.15) is 0 Å². The van der Waals surface area contributed by atoms with Crippen molar-refractivity contribution in [2.45, 2.75) is 25.7 Å². The third-order valence-corrected chi connectivity index (χ3v) is 6.18. The van der Waals surface area contributed by atoms with E-state index in [2.05, 4.69) is 10.6 Å². The molecule has 0 saturated carbocycles. The van der Waals surface area contributed by atoms with Gasteiger partial charge in [-0.1, -0.05) is 12.1 Å². The van der Waals surface area contributed by atoms with Gasteiger partial charge in [-0.15, -0.1) is 0 Å². The van der Waals surface area contributed by atoms with E-state index in [0.29, 0.717) is 13.1 Å². The minimum atomic E-state index is -3.11. The summed E-state index contributed by atoms with van der Waals surface area (Å²) in [6, 6.07) is 8.04. The average molecular weight is 307 g/mol. The summed E-state index contributed by atoms with van der Waals surface area (Å²) in [4.78, 5) is 4.72. The molecule has 1 atom stereocenters. The molecule has 1 fully saturated rings. The predicted molar refractivity (Wildman–Crippen MR) is 83.7 cm³/mol. The lowest BCUT2D eigenvalue weighted by atomic mass is 9.99. The van der Waals surface area contributed by atoms with E-state index in [1.807, 2.05) is 25.2 Å². The lowest BCUT2D eigenvalue weighted by Crippen LogP contribution is -2.40. The number of aryl methyl sites for hydroxylation is 1. The summed E-state index contributed by atoms with van der Waals surface area (Å²) in [5.41, 5.74) is 2.08. The van der Waals surface area contributed by atoms with Crippen molar-refractivity contribution in [3.63, 3.8) is 0 Å². The largest absolute Gasteiger partial charge is 0.331 e. The smallest absolute Gasteiger partial charge is 0.213 e. The highest BCUT2D eigenvalue weighted by Gasteiger charge is 2.30. The van der Waals surface area contributed by atoms with E-state index < -0.39 is 10.0 Å². The Morgan fingerprint density at radius 3 is 2.81 bits per heavy atom. The number of aromatic nitrogens is 2. The Balaban J connectivity index is 1.94. The third-order valence-electron chi connectivity index (χ3n) is 4.33. The van der Waals surface area contributed by atoms with Gasteiger partial charge in [0.25, 0.3) is 0 Å².